The van der Waals surface area contributed by atoms with Gasteiger partial charge in [-0.1, -0.05) is 0 Å². The molecule has 3 heterocycles. The molecular formula is C13H17ClN4S. The average Bonchev–Trinajstić information content (AvgIpc) is 2.61. The zero-order valence-electron chi connectivity index (χ0n) is 11.2. The van der Waals surface area contributed by atoms with Gasteiger partial charge in [-0.25, -0.2) is 4.98 Å². The Morgan fingerprint density at radius 1 is 1.21 bits per heavy atom. The maximum atomic E-state index is 6.09. The van der Waals surface area contributed by atoms with E-state index in [0.717, 1.165) is 43.2 Å². The summed E-state index contributed by atoms with van der Waals surface area (Å²) in [7, 11) is 0. The van der Waals surface area contributed by atoms with Crippen LogP contribution in [0.25, 0.3) is 10.2 Å². The van der Waals surface area contributed by atoms with E-state index in [2.05, 4.69) is 34.0 Å². The first-order valence-corrected chi connectivity index (χ1v) is 7.75. The SMILES string of the molecule is Cc1sc2nc(Cl)nc(N3CCCNCC3)c2c1C. The number of fused-ring (bicyclic) bond motifs is 1. The van der Waals surface area contributed by atoms with E-state index in [1.54, 1.807) is 11.3 Å². The fraction of sp³-hybridized carbons (Fsp3) is 0.538. The first-order valence-electron chi connectivity index (χ1n) is 6.55. The Hall–Kier alpha value is -0.910. The molecule has 0 aliphatic carbocycles. The Bertz CT molecular complexity index is 602. The molecule has 0 radical (unpaired) electrons. The van der Waals surface area contributed by atoms with Gasteiger partial charge in [-0.3, -0.25) is 0 Å². The second-order valence-corrected chi connectivity index (χ2v) is 6.41. The number of aryl methyl sites for hydroxylation is 2. The Kier molecular flexibility index (Phi) is 3.60. The molecule has 1 aliphatic rings. The molecule has 19 heavy (non-hydrogen) atoms. The molecule has 3 rings (SSSR count). The van der Waals surface area contributed by atoms with Crippen LogP contribution < -0.4 is 10.2 Å². The second-order valence-electron chi connectivity index (χ2n) is 4.87. The summed E-state index contributed by atoms with van der Waals surface area (Å²) in [6, 6.07) is 0. The highest BCUT2D eigenvalue weighted by atomic mass is 35.5. The molecule has 2 aromatic rings. The predicted molar refractivity (Wildman–Crippen MR) is 81.6 cm³/mol. The maximum absolute atomic E-state index is 6.09. The first kappa shape index (κ1) is 13.1. The summed E-state index contributed by atoms with van der Waals surface area (Å²) in [6.45, 7) is 8.32. The quantitative estimate of drug-likeness (QED) is 0.822. The number of thiophene rings is 1. The van der Waals surface area contributed by atoms with Crippen molar-refractivity contribution in [3.05, 3.63) is 15.7 Å². The van der Waals surface area contributed by atoms with Gasteiger partial charge >= 0.3 is 0 Å². The molecule has 0 spiro atoms. The molecule has 0 atom stereocenters. The molecule has 0 saturated carbocycles. The van der Waals surface area contributed by atoms with E-state index in [-0.39, 0.29) is 0 Å². The molecule has 4 nitrogen and oxygen atoms in total. The van der Waals surface area contributed by atoms with Crippen molar-refractivity contribution in [1.82, 2.24) is 15.3 Å². The molecule has 1 fully saturated rings. The summed E-state index contributed by atoms with van der Waals surface area (Å²) in [6.07, 6.45) is 1.13. The van der Waals surface area contributed by atoms with E-state index < -0.39 is 0 Å². The maximum Gasteiger partial charge on any atom is 0.225 e. The number of nitrogens with one attached hydrogen (secondary N) is 1. The topological polar surface area (TPSA) is 41.1 Å². The second kappa shape index (κ2) is 5.23. The van der Waals surface area contributed by atoms with Crippen LogP contribution in [0.4, 0.5) is 5.82 Å². The lowest BCUT2D eigenvalue weighted by Crippen LogP contribution is -2.28. The van der Waals surface area contributed by atoms with Gasteiger partial charge in [-0.15, -0.1) is 11.3 Å². The molecule has 0 amide bonds. The van der Waals surface area contributed by atoms with Crippen LogP contribution in [0, 0.1) is 13.8 Å². The van der Waals surface area contributed by atoms with E-state index >= 15 is 0 Å². The van der Waals surface area contributed by atoms with Crippen molar-refractivity contribution in [2.75, 3.05) is 31.1 Å². The third kappa shape index (κ3) is 2.42. The fourth-order valence-electron chi connectivity index (χ4n) is 2.49. The van der Waals surface area contributed by atoms with Gasteiger partial charge in [-0.05, 0) is 44.0 Å². The average molecular weight is 297 g/mol. The zero-order chi connectivity index (χ0) is 13.4. The number of hydrogen-bond acceptors (Lipinski definition) is 5. The molecule has 102 valence electrons. The predicted octanol–water partition coefficient (Wildman–Crippen LogP) is 2.76. The van der Waals surface area contributed by atoms with Crippen LogP contribution in [0.3, 0.4) is 0 Å². The molecular weight excluding hydrogens is 280 g/mol. The highest BCUT2D eigenvalue weighted by Crippen LogP contribution is 2.35. The first-order chi connectivity index (χ1) is 9.16. The van der Waals surface area contributed by atoms with Crippen molar-refractivity contribution < 1.29 is 0 Å². The van der Waals surface area contributed by atoms with Gasteiger partial charge in [0, 0.05) is 24.5 Å². The fourth-order valence-corrected chi connectivity index (χ4v) is 3.73. The van der Waals surface area contributed by atoms with Crippen LogP contribution in [0.15, 0.2) is 0 Å². The summed E-state index contributed by atoms with van der Waals surface area (Å²) in [5, 5.41) is 4.94. The van der Waals surface area contributed by atoms with Gasteiger partial charge in [0.1, 0.15) is 10.6 Å². The van der Waals surface area contributed by atoms with E-state index in [1.807, 2.05) is 0 Å². The number of aromatic nitrogens is 2. The molecule has 1 saturated heterocycles. The minimum Gasteiger partial charge on any atom is -0.355 e. The van der Waals surface area contributed by atoms with Gasteiger partial charge in [0.25, 0.3) is 0 Å². The van der Waals surface area contributed by atoms with Crippen molar-refractivity contribution >= 4 is 39.0 Å². The van der Waals surface area contributed by atoms with E-state index in [1.165, 1.54) is 15.8 Å². The van der Waals surface area contributed by atoms with Crippen LogP contribution >= 0.6 is 22.9 Å². The van der Waals surface area contributed by atoms with Gasteiger partial charge in [0.2, 0.25) is 5.28 Å². The monoisotopic (exact) mass is 296 g/mol. The zero-order valence-corrected chi connectivity index (χ0v) is 12.7. The van der Waals surface area contributed by atoms with E-state index in [4.69, 9.17) is 11.6 Å². The Labute approximate surface area is 121 Å². The molecule has 1 N–H and O–H groups in total. The minimum atomic E-state index is 0.348. The van der Waals surface area contributed by atoms with Gasteiger partial charge < -0.3 is 10.2 Å². The highest BCUT2D eigenvalue weighted by Gasteiger charge is 2.19. The number of rotatable bonds is 1. The molecule has 0 aromatic carbocycles. The van der Waals surface area contributed by atoms with Crippen LogP contribution in [0.5, 0.6) is 0 Å². The Balaban J connectivity index is 2.15. The van der Waals surface area contributed by atoms with Crippen molar-refractivity contribution in [2.24, 2.45) is 0 Å². The molecule has 1 aliphatic heterocycles. The Morgan fingerprint density at radius 3 is 2.89 bits per heavy atom. The number of hydrogen-bond donors (Lipinski definition) is 1. The summed E-state index contributed by atoms with van der Waals surface area (Å²) in [5.41, 5.74) is 1.28. The lowest BCUT2D eigenvalue weighted by Gasteiger charge is -2.22. The summed E-state index contributed by atoms with van der Waals surface area (Å²) < 4.78 is 0. The third-order valence-corrected chi connectivity index (χ3v) is 4.89. The lowest BCUT2D eigenvalue weighted by molar-refractivity contribution is 0.724. The van der Waals surface area contributed by atoms with Crippen molar-refractivity contribution in [2.45, 2.75) is 20.3 Å². The largest absolute Gasteiger partial charge is 0.355 e. The minimum absolute atomic E-state index is 0.348. The van der Waals surface area contributed by atoms with Gasteiger partial charge in [0.05, 0.1) is 5.39 Å². The molecule has 0 bridgehead atoms. The standard InChI is InChI=1S/C13H17ClN4S/c1-8-9(2)19-12-10(8)11(16-13(14)17-12)18-6-3-4-15-5-7-18/h15H,3-7H2,1-2H3. The molecule has 0 unspecified atom stereocenters. The number of halogens is 1. The van der Waals surface area contributed by atoms with Crippen LogP contribution in [-0.4, -0.2) is 36.1 Å². The van der Waals surface area contributed by atoms with Crippen LogP contribution in [-0.2, 0) is 0 Å². The normalized spacial score (nSPS) is 16.9. The van der Waals surface area contributed by atoms with Crippen molar-refractivity contribution in [3.8, 4) is 0 Å². The lowest BCUT2D eigenvalue weighted by atomic mass is 10.2. The number of nitrogens with zero attached hydrogens (tertiary/aromatic N) is 3. The van der Waals surface area contributed by atoms with Gasteiger partial charge in [0.15, 0.2) is 0 Å². The number of anilines is 1. The van der Waals surface area contributed by atoms with Crippen LogP contribution in [0.2, 0.25) is 5.28 Å². The van der Waals surface area contributed by atoms with Gasteiger partial charge in [-0.2, -0.15) is 4.98 Å². The summed E-state index contributed by atoms with van der Waals surface area (Å²) in [5.74, 6) is 1.00. The smallest absolute Gasteiger partial charge is 0.225 e. The highest BCUT2D eigenvalue weighted by molar-refractivity contribution is 7.18. The molecule has 2 aromatic heterocycles. The van der Waals surface area contributed by atoms with Crippen molar-refractivity contribution in [1.29, 1.82) is 0 Å². The summed E-state index contributed by atoms with van der Waals surface area (Å²) >= 11 is 7.79. The van der Waals surface area contributed by atoms with E-state index in [0.29, 0.717) is 5.28 Å². The third-order valence-electron chi connectivity index (χ3n) is 3.62. The Morgan fingerprint density at radius 2 is 2.05 bits per heavy atom. The molecule has 6 heteroatoms. The van der Waals surface area contributed by atoms with Crippen LogP contribution in [0.1, 0.15) is 16.9 Å². The van der Waals surface area contributed by atoms with Crippen molar-refractivity contribution in [3.63, 3.8) is 0 Å². The summed E-state index contributed by atoms with van der Waals surface area (Å²) in [4.78, 5) is 13.5. The van der Waals surface area contributed by atoms with E-state index in [9.17, 15) is 0 Å².